The molecule has 25 heavy (non-hydrogen) atoms. The Balaban J connectivity index is 1.66. The number of benzene rings is 2. The van der Waals surface area contributed by atoms with Crippen LogP contribution in [0.3, 0.4) is 0 Å². The summed E-state index contributed by atoms with van der Waals surface area (Å²) >= 11 is 0. The van der Waals surface area contributed by atoms with Crippen LogP contribution in [0.25, 0.3) is 11.0 Å². The number of fused-ring (bicyclic) bond motifs is 1. The van der Waals surface area contributed by atoms with Crippen LogP contribution in [0.1, 0.15) is 35.8 Å². The molecule has 0 atom stereocenters. The summed E-state index contributed by atoms with van der Waals surface area (Å²) in [5.74, 6) is 0.758. The SMILES string of the molecule is COc1ccccc1CCNC(=O)c1ccc2c(c1)ncn2C(C)C. The maximum absolute atomic E-state index is 12.4. The van der Waals surface area contributed by atoms with Crippen LogP contribution >= 0.6 is 0 Å². The van der Waals surface area contributed by atoms with E-state index in [4.69, 9.17) is 4.74 Å². The Bertz CT molecular complexity index is 884. The van der Waals surface area contributed by atoms with Crippen molar-refractivity contribution in [2.24, 2.45) is 0 Å². The van der Waals surface area contributed by atoms with Crippen LogP contribution in [0.5, 0.6) is 5.75 Å². The van der Waals surface area contributed by atoms with Crippen molar-refractivity contribution in [1.82, 2.24) is 14.9 Å². The highest BCUT2D eigenvalue weighted by Crippen LogP contribution is 2.19. The zero-order chi connectivity index (χ0) is 17.8. The number of hydrogen-bond acceptors (Lipinski definition) is 3. The minimum absolute atomic E-state index is 0.0871. The van der Waals surface area contributed by atoms with Gasteiger partial charge >= 0.3 is 0 Å². The first-order valence-electron chi connectivity index (χ1n) is 8.47. The maximum Gasteiger partial charge on any atom is 0.251 e. The Hall–Kier alpha value is -2.82. The van der Waals surface area contributed by atoms with E-state index in [0.29, 0.717) is 18.2 Å². The first-order chi connectivity index (χ1) is 12.1. The van der Waals surface area contributed by atoms with Gasteiger partial charge in [0.2, 0.25) is 0 Å². The van der Waals surface area contributed by atoms with Gasteiger partial charge in [-0.25, -0.2) is 4.98 Å². The molecule has 0 fully saturated rings. The van der Waals surface area contributed by atoms with E-state index < -0.39 is 0 Å². The van der Waals surface area contributed by atoms with Crippen molar-refractivity contribution in [3.8, 4) is 5.75 Å². The normalized spacial score (nSPS) is 11.0. The van der Waals surface area contributed by atoms with Crippen LogP contribution in [0, 0.1) is 0 Å². The Kier molecular flexibility index (Phi) is 5.03. The fourth-order valence-electron chi connectivity index (χ4n) is 2.91. The van der Waals surface area contributed by atoms with Crippen molar-refractivity contribution in [3.63, 3.8) is 0 Å². The van der Waals surface area contributed by atoms with E-state index in [1.165, 1.54) is 0 Å². The van der Waals surface area contributed by atoms with Crippen LogP contribution in [0.4, 0.5) is 0 Å². The standard InChI is InChI=1S/C20H23N3O2/c1-14(2)23-13-22-17-12-16(8-9-18(17)23)20(24)21-11-10-15-6-4-5-7-19(15)25-3/h4-9,12-14H,10-11H2,1-3H3,(H,21,24). The van der Waals surface area contributed by atoms with Crippen molar-refractivity contribution < 1.29 is 9.53 Å². The first-order valence-corrected chi connectivity index (χ1v) is 8.47. The van der Waals surface area contributed by atoms with Gasteiger partial charge in [0, 0.05) is 18.2 Å². The molecule has 0 radical (unpaired) electrons. The van der Waals surface area contributed by atoms with Gasteiger partial charge in [-0.3, -0.25) is 4.79 Å². The van der Waals surface area contributed by atoms with E-state index in [1.807, 2.05) is 48.8 Å². The first kappa shape index (κ1) is 17.0. The number of amides is 1. The third-order valence-corrected chi connectivity index (χ3v) is 4.27. The molecule has 0 unspecified atom stereocenters. The van der Waals surface area contributed by atoms with E-state index in [1.54, 1.807) is 7.11 Å². The van der Waals surface area contributed by atoms with Crippen molar-refractivity contribution in [2.45, 2.75) is 26.3 Å². The predicted octanol–water partition coefficient (Wildman–Crippen LogP) is 3.60. The minimum Gasteiger partial charge on any atom is -0.496 e. The van der Waals surface area contributed by atoms with Crippen molar-refractivity contribution in [3.05, 3.63) is 59.9 Å². The maximum atomic E-state index is 12.4. The predicted molar refractivity (Wildman–Crippen MR) is 99.1 cm³/mol. The average Bonchev–Trinajstić information content (AvgIpc) is 3.05. The van der Waals surface area contributed by atoms with Gasteiger partial charge in [-0.05, 0) is 50.1 Å². The minimum atomic E-state index is -0.0871. The number of nitrogens with one attached hydrogen (secondary N) is 1. The number of imidazole rings is 1. The largest absolute Gasteiger partial charge is 0.496 e. The van der Waals surface area contributed by atoms with Crippen molar-refractivity contribution in [1.29, 1.82) is 0 Å². The number of carbonyl (C=O) groups excluding carboxylic acids is 1. The van der Waals surface area contributed by atoms with Crippen LogP contribution in [0.2, 0.25) is 0 Å². The Morgan fingerprint density at radius 1 is 1.24 bits per heavy atom. The van der Waals surface area contributed by atoms with Crippen LogP contribution in [-0.4, -0.2) is 29.1 Å². The quantitative estimate of drug-likeness (QED) is 0.748. The summed E-state index contributed by atoms with van der Waals surface area (Å²) in [4.78, 5) is 16.8. The second-order valence-corrected chi connectivity index (χ2v) is 6.27. The Labute approximate surface area is 147 Å². The third kappa shape index (κ3) is 3.65. The second kappa shape index (κ2) is 7.38. The van der Waals surface area contributed by atoms with Gasteiger partial charge in [0.25, 0.3) is 5.91 Å². The van der Waals surface area contributed by atoms with Gasteiger partial charge in [0.15, 0.2) is 0 Å². The summed E-state index contributed by atoms with van der Waals surface area (Å²) in [6.07, 6.45) is 2.54. The molecule has 0 saturated heterocycles. The van der Waals surface area contributed by atoms with Gasteiger partial charge in [-0.15, -0.1) is 0 Å². The molecule has 1 heterocycles. The molecule has 0 spiro atoms. The van der Waals surface area contributed by atoms with Crippen LogP contribution in [-0.2, 0) is 6.42 Å². The molecule has 0 aliphatic heterocycles. The van der Waals surface area contributed by atoms with Gasteiger partial charge in [-0.2, -0.15) is 0 Å². The van der Waals surface area contributed by atoms with E-state index in [0.717, 1.165) is 28.8 Å². The molecule has 1 N–H and O–H groups in total. The number of carbonyl (C=O) groups is 1. The molecule has 1 amide bonds. The van der Waals surface area contributed by atoms with E-state index in [9.17, 15) is 4.79 Å². The molecule has 0 bridgehead atoms. The number of nitrogens with zero attached hydrogens (tertiary/aromatic N) is 2. The highest BCUT2D eigenvalue weighted by molar-refractivity contribution is 5.97. The lowest BCUT2D eigenvalue weighted by Gasteiger charge is -2.10. The lowest BCUT2D eigenvalue weighted by molar-refractivity contribution is 0.0954. The number of aromatic nitrogens is 2. The summed E-state index contributed by atoms with van der Waals surface area (Å²) in [5, 5.41) is 2.96. The number of ether oxygens (including phenoxy) is 1. The number of methoxy groups -OCH3 is 1. The van der Waals surface area contributed by atoms with Gasteiger partial charge in [0.05, 0.1) is 24.5 Å². The van der Waals surface area contributed by atoms with Crippen molar-refractivity contribution >= 4 is 16.9 Å². The van der Waals surface area contributed by atoms with Gasteiger partial charge < -0.3 is 14.6 Å². The monoisotopic (exact) mass is 337 g/mol. The smallest absolute Gasteiger partial charge is 0.251 e. The highest BCUT2D eigenvalue weighted by atomic mass is 16.5. The van der Waals surface area contributed by atoms with Crippen LogP contribution in [0.15, 0.2) is 48.8 Å². The molecule has 2 aromatic carbocycles. The molecule has 0 aliphatic carbocycles. The molecule has 130 valence electrons. The molecular weight excluding hydrogens is 314 g/mol. The third-order valence-electron chi connectivity index (χ3n) is 4.27. The van der Waals surface area contributed by atoms with Gasteiger partial charge in [-0.1, -0.05) is 18.2 Å². The van der Waals surface area contributed by atoms with E-state index in [2.05, 4.69) is 28.7 Å². The van der Waals surface area contributed by atoms with E-state index in [-0.39, 0.29) is 5.91 Å². The zero-order valence-electron chi connectivity index (χ0n) is 14.8. The summed E-state index contributed by atoms with van der Waals surface area (Å²) < 4.78 is 7.43. The molecule has 5 nitrogen and oxygen atoms in total. The Morgan fingerprint density at radius 2 is 2.04 bits per heavy atom. The van der Waals surface area contributed by atoms with Gasteiger partial charge in [0.1, 0.15) is 5.75 Å². The molecule has 3 rings (SSSR count). The number of para-hydroxylation sites is 1. The fourth-order valence-corrected chi connectivity index (χ4v) is 2.91. The summed E-state index contributed by atoms with van der Waals surface area (Å²) in [7, 11) is 1.66. The van der Waals surface area contributed by atoms with E-state index >= 15 is 0 Å². The molecule has 5 heteroatoms. The Morgan fingerprint density at radius 3 is 2.80 bits per heavy atom. The zero-order valence-corrected chi connectivity index (χ0v) is 14.8. The fraction of sp³-hybridized carbons (Fsp3) is 0.300. The summed E-state index contributed by atoms with van der Waals surface area (Å²) in [5.41, 5.74) is 3.59. The molecule has 0 aliphatic rings. The topological polar surface area (TPSA) is 56.1 Å². The molecule has 0 saturated carbocycles. The van der Waals surface area contributed by atoms with Crippen LogP contribution < -0.4 is 10.1 Å². The molecular formula is C20H23N3O2. The lowest BCUT2D eigenvalue weighted by atomic mass is 10.1. The highest BCUT2D eigenvalue weighted by Gasteiger charge is 2.10. The summed E-state index contributed by atoms with van der Waals surface area (Å²) in [6, 6.07) is 13.8. The molecule has 1 aromatic heterocycles. The number of rotatable bonds is 6. The molecule has 3 aromatic rings. The average molecular weight is 337 g/mol. The number of hydrogen-bond donors (Lipinski definition) is 1. The second-order valence-electron chi connectivity index (χ2n) is 6.27. The lowest BCUT2D eigenvalue weighted by Crippen LogP contribution is -2.25. The van der Waals surface area contributed by atoms with Crippen molar-refractivity contribution in [2.75, 3.05) is 13.7 Å². The summed E-state index contributed by atoms with van der Waals surface area (Å²) in [6.45, 7) is 4.77.